The van der Waals surface area contributed by atoms with Crippen LogP contribution in [0, 0.1) is 13.8 Å². The summed E-state index contributed by atoms with van der Waals surface area (Å²) in [5.41, 5.74) is 3.44. The van der Waals surface area contributed by atoms with E-state index in [0.717, 1.165) is 11.3 Å². The zero-order valence-electron chi connectivity index (χ0n) is 15.5. The van der Waals surface area contributed by atoms with Gasteiger partial charge in [-0.25, -0.2) is 19.9 Å². The molecular weight excluding hydrogens is 334 g/mol. The normalized spacial score (nSPS) is 12.3. The number of aryl methyl sites for hydroxylation is 2. The van der Waals surface area contributed by atoms with Crippen LogP contribution in [0.25, 0.3) is 22.4 Å². The van der Waals surface area contributed by atoms with Gasteiger partial charge in [0.1, 0.15) is 23.2 Å². The molecule has 0 aliphatic carbocycles. The summed E-state index contributed by atoms with van der Waals surface area (Å²) in [4.78, 5) is 30.3. The first-order chi connectivity index (χ1) is 12.5. The number of nitrogens with zero attached hydrogens (tertiary/aromatic N) is 5. The predicted octanol–water partition coefficient (Wildman–Crippen LogP) is 2.08. The molecule has 8 nitrogen and oxygen atoms in total. The first kappa shape index (κ1) is 17.9. The Morgan fingerprint density at radius 2 is 1.88 bits per heavy atom. The number of rotatable bonds is 5. The molecule has 26 heavy (non-hydrogen) atoms. The Morgan fingerprint density at radius 1 is 1.12 bits per heavy atom. The number of fused-ring (bicyclic) bond motifs is 1. The second-order valence-electron chi connectivity index (χ2n) is 6.06. The van der Waals surface area contributed by atoms with Crippen LogP contribution < -0.4 is 10.3 Å². The van der Waals surface area contributed by atoms with Crippen molar-refractivity contribution < 1.29 is 9.47 Å². The largest absolute Gasteiger partial charge is 0.481 e. The summed E-state index contributed by atoms with van der Waals surface area (Å²) in [6.07, 6.45) is 1.44. The van der Waals surface area contributed by atoms with E-state index in [2.05, 4.69) is 19.9 Å². The van der Waals surface area contributed by atoms with Gasteiger partial charge in [0.2, 0.25) is 5.88 Å². The van der Waals surface area contributed by atoms with Gasteiger partial charge < -0.3 is 9.47 Å². The minimum absolute atomic E-state index is 0.184. The number of ether oxygens (including phenoxy) is 2. The molecule has 3 heterocycles. The fourth-order valence-electron chi connectivity index (χ4n) is 2.96. The van der Waals surface area contributed by atoms with Crippen molar-refractivity contribution in [2.45, 2.75) is 26.8 Å². The highest BCUT2D eigenvalue weighted by Gasteiger charge is 2.19. The summed E-state index contributed by atoms with van der Waals surface area (Å²) < 4.78 is 12.0. The van der Waals surface area contributed by atoms with Gasteiger partial charge in [0.05, 0.1) is 25.5 Å². The second-order valence-corrected chi connectivity index (χ2v) is 6.06. The fourth-order valence-corrected chi connectivity index (χ4v) is 2.96. The molecule has 0 spiro atoms. The summed E-state index contributed by atoms with van der Waals surface area (Å²) in [6.45, 7) is 5.86. The molecule has 0 N–H and O–H groups in total. The summed E-state index contributed by atoms with van der Waals surface area (Å²) in [6, 6.07) is 3.47. The van der Waals surface area contributed by atoms with Crippen LogP contribution >= 0.6 is 0 Å². The van der Waals surface area contributed by atoms with Crippen LogP contribution in [-0.4, -0.2) is 45.3 Å². The third kappa shape index (κ3) is 3.03. The topological polar surface area (TPSA) is 92.0 Å². The number of methoxy groups -OCH3 is 2. The lowest BCUT2D eigenvalue weighted by Crippen LogP contribution is -2.29. The zero-order valence-corrected chi connectivity index (χ0v) is 15.5. The molecule has 8 heteroatoms. The van der Waals surface area contributed by atoms with E-state index in [9.17, 15) is 4.79 Å². The Kier molecular flexibility index (Phi) is 4.94. The van der Waals surface area contributed by atoms with Gasteiger partial charge in [-0.3, -0.25) is 9.36 Å². The molecule has 0 amide bonds. The van der Waals surface area contributed by atoms with E-state index < -0.39 is 0 Å². The van der Waals surface area contributed by atoms with Gasteiger partial charge in [-0.2, -0.15) is 0 Å². The van der Waals surface area contributed by atoms with Crippen LogP contribution in [0.3, 0.4) is 0 Å². The minimum atomic E-state index is -0.186. The van der Waals surface area contributed by atoms with Crippen molar-refractivity contribution in [3.63, 3.8) is 0 Å². The molecule has 0 aliphatic rings. The Bertz CT molecular complexity index is 1020. The minimum Gasteiger partial charge on any atom is -0.481 e. The summed E-state index contributed by atoms with van der Waals surface area (Å²) >= 11 is 0. The average molecular weight is 355 g/mol. The molecule has 0 bridgehead atoms. The summed E-state index contributed by atoms with van der Waals surface area (Å²) in [7, 11) is 3.17. The molecule has 1 atom stereocenters. The van der Waals surface area contributed by atoms with Gasteiger partial charge in [0.15, 0.2) is 5.65 Å². The number of pyridine rings is 1. The maximum Gasteiger partial charge on any atom is 0.273 e. The van der Waals surface area contributed by atoms with E-state index in [0.29, 0.717) is 35.0 Å². The van der Waals surface area contributed by atoms with Crippen molar-refractivity contribution in [1.29, 1.82) is 0 Å². The van der Waals surface area contributed by atoms with Gasteiger partial charge in [-0.05, 0) is 26.8 Å². The van der Waals surface area contributed by atoms with Crippen LogP contribution in [0.1, 0.15) is 24.4 Å². The van der Waals surface area contributed by atoms with E-state index in [1.807, 2.05) is 19.9 Å². The molecule has 0 fully saturated rings. The molecule has 3 aromatic heterocycles. The number of aromatic nitrogens is 5. The molecule has 0 radical (unpaired) electrons. The van der Waals surface area contributed by atoms with E-state index in [4.69, 9.17) is 9.47 Å². The van der Waals surface area contributed by atoms with Crippen molar-refractivity contribution in [3.05, 3.63) is 40.2 Å². The van der Waals surface area contributed by atoms with E-state index >= 15 is 0 Å². The Balaban J connectivity index is 2.31. The molecule has 0 aliphatic heterocycles. The predicted molar refractivity (Wildman–Crippen MR) is 97.4 cm³/mol. The van der Waals surface area contributed by atoms with E-state index in [1.54, 1.807) is 31.8 Å². The monoisotopic (exact) mass is 355 g/mol. The lowest BCUT2D eigenvalue weighted by Gasteiger charge is -2.18. The SMILES string of the molecule is COC[C@@H](C)n1c(=O)c(C)nc2c(-c3ccc(OC)nc3C)ncnc21. The lowest BCUT2D eigenvalue weighted by atomic mass is 10.1. The molecule has 0 saturated carbocycles. The maximum atomic E-state index is 12.7. The van der Waals surface area contributed by atoms with E-state index in [-0.39, 0.29) is 11.6 Å². The van der Waals surface area contributed by atoms with Gasteiger partial charge >= 0.3 is 0 Å². The van der Waals surface area contributed by atoms with E-state index in [1.165, 1.54) is 6.33 Å². The zero-order chi connectivity index (χ0) is 18.8. The van der Waals surface area contributed by atoms with Crippen LogP contribution in [-0.2, 0) is 4.74 Å². The van der Waals surface area contributed by atoms with Crippen LogP contribution in [0.15, 0.2) is 23.3 Å². The first-order valence-corrected chi connectivity index (χ1v) is 8.22. The van der Waals surface area contributed by atoms with Gasteiger partial charge in [0.25, 0.3) is 5.56 Å². The van der Waals surface area contributed by atoms with Crippen molar-refractivity contribution in [3.8, 4) is 17.1 Å². The van der Waals surface area contributed by atoms with Crippen LogP contribution in [0.4, 0.5) is 0 Å². The second kappa shape index (κ2) is 7.17. The molecule has 0 saturated heterocycles. The summed E-state index contributed by atoms with van der Waals surface area (Å²) in [5, 5.41) is 0. The molecule has 3 rings (SSSR count). The van der Waals surface area contributed by atoms with Crippen molar-refractivity contribution in [1.82, 2.24) is 24.5 Å². The Hall–Kier alpha value is -2.87. The molecule has 0 unspecified atom stereocenters. The van der Waals surface area contributed by atoms with Gasteiger partial charge in [-0.15, -0.1) is 0 Å². The highest BCUT2D eigenvalue weighted by Crippen LogP contribution is 2.27. The highest BCUT2D eigenvalue weighted by molar-refractivity contribution is 5.87. The summed E-state index contributed by atoms with van der Waals surface area (Å²) in [5.74, 6) is 0.527. The van der Waals surface area contributed by atoms with Gasteiger partial charge in [0, 0.05) is 18.7 Å². The quantitative estimate of drug-likeness (QED) is 0.692. The Labute approximate surface area is 150 Å². The molecule has 0 aromatic carbocycles. The number of hydrogen-bond donors (Lipinski definition) is 0. The van der Waals surface area contributed by atoms with Crippen LogP contribution in [0.2, 0.25) is 0 Å². The maximum absolute atomic E-state index is 12.7. The Morgan fingerprint density at radius 3 is 2.54 bits per heavy atom. The first-order valence-electron chi connectivity index (χ1n) is 8.22. The third-order valence-corrected chi connectivity index (χ3v) is 4.21. The van der Waals surface area contributed by atoms with Crippen molar-refractivity contribution in [2.75, 3.05) is 20.8 Å². The average Bonchev–Trinajstić information content (AvgIpc) is 2.62. The smallest absolute Gasteiger partial charge is 0.273 e. The molecular formula is C18H21N5O3. The van der Waals surface area contributed by atoms with Crippen LogP contribution in [0.5, 0.6) is 5.88 Å². The highest BCUT2D eigenvalue weighted by atomic mass is 16.5. The van der Waals surface area contributed by atoms with Crippen molar-refractivity contribution >= 4 is 11.2 Å². The van der Waals surface area contributed by atoms with Gasteiger partial charge in [-0.1, -0.05) is 0 Å². The third-order valence-electron chi connectivity index (χ3n) is 4.21. The number of hydrogen-bond acceptors (Lipinski definition) is 7. The standard InChI is InChI=1S/C18H21N5O3/c1-10(8-25-4)23-17-16(22-12(3)18(23)24)15(19-9-20-17)13-6-7-14(26-5)21-11(13)2/h6-7,9-10H,8H2,1-5H3/t10-/m1/s1. The lowest BCUT2D eigenvalue weighted by molar-refractivity contribution is 0.162. The fraction of sp³-hybridized carbons (Fsp3) is 0.389. The molecule has 136 valence electrons. The molecule has 3 aromatic rings. The van der Waals surface area contributed by atoms with Crippen molar-refractivity contribution in [2.24, 2.45) is 0 Å².